The zero-order valence-electron chi connectivity index (χ0n) is 15.1. The van der Waals surface area contributed by atoms with E-state index < -0.39 is 0 Å². The zero-order valence-corrected chi connectivity index (χ0v) is 19.1. The molecule has 2 aromatic carbocycles. The molecule has 0 bridgehead atoms. The van der Waals surface area contributed by atoms with Crippen LogP contribution in [0.1, 0.15) is 30.0 Å². The first-order chi connectivity index (χ1) is 10.9. The van der Waals surface area contributed by atoms with Gasteiger partial charge in [0.05, 0.1) is 4.99 Å². The first-order valence-electron chi connectivity index (χ1n) is 7.32. The fourth-order valence-corrected chi connectivity index (χ4v) is 1.62. The molecular weight excluding hydrogens is 337 g/mol. The summed E-state index contributed by atoms with van der Waals surface area (Å²) in [5.41, 5.74) is 4.55. The quantitative estimate of drug-likeness (QED) is 0.382. The number of anilines is 1. The van der Waals surface area contributed by atoms with Crippen molar-refractivity contribution in [3.8, 4) is 12.3 Å². The molecule has 0 amide bonds. The number of terminal acetylenes is 1. The SMILES string of the molecule is C#C[CH2-].CCC(=S)Nc1cc[c-]c(C)c1.[CH2-]c1ccc(C)cc1.[K+]. The minimum absolute atomic E-state index is 0. The van der Waals surface area contributed by atoms with Crippen LogP contribution in [0.25, 0.3) is 0 Å². The van der Waals surface area contributed by atoms with Crippen molar-refractivity contribution in [3.05, 3.63) is 79.1 Å². The van der Waals surface area contributed by atoms with Gasteiger partial charge in [-0.25, -0.2) is 0 Å². The van der Waals surface area contributed by atoms with Crippen molar-refractivity contribution in [3.63, 3.8) is 0 Å². The predicted octanol–water partition coefficient (Wildman–Crippen LogP) is 2.58. The van der Waals surface area contributed by atoms with Crippen LogP contribution in [0, 0.1) is 46.1 Å². The number of hydrogen-bond donors (Lipinski definition) is 1. The number of rotatable bonds is 2. The maximum Gasteiger partial charge on any atom is 1.00 e. The molecule has 0 saturated carbocycles. The van der Waals surface area contributed by atoms with Crippen LogP contribution in [0.2, 0.25) is 0 Å². The van der Waals surface area contributed by atoms with Crippen LogP contribution in [-0.4, -0.2) is 4.99 Å². The number of nitrogens with one attached hydrogen (secondary N) is 1. The topological polar surface area (TPSA) is 12.0 Å². The number of hydrogen-bond acceptors (Lipinski definition) is 1. The normalized spacial score (nSPS) is 8.08. The average molecular weight is 362 g/mol. The average Bonchev–Trinajstić information content (AvgIpc) is 2.51. The number of benzene rings is 2. The van der Waals surface area contributed by atoms with Gasteiger partial charge in [0.2, 0.25) is 0 Å². The summed E-state index contributed by atoms with van der Waals surface area (Å²) in [5.74, 6) is 2.00. The maximum atomic E-state index is 5.06. The van der Waals surface area contributed by atoms with Gasteiger partial charge >= 0.3 is 51.4 Å². The molecule has 0 unspecified atom stereocenters. The van der Waals surface area contributed by atoms with Gasteiger partial charge in [0.15, 0.2) is 0 Å². The van der Waals surface area contributed by atoms with Gasteiger partial charge in [-0.15, -0.1) is 24.3 Å². The van der Waals surface area contributed by atoms with Crippen molar-refractivity contribution >= 4 is 22.9 Å². The first kappa shape index (κ1) is 25.5. The Labute approximate surface area is 196 Å². The number of thiocarbonyl (C=S) groups is 1. The Balaban J connectivity index is 0. The summed E-state index contributed by atoms with van der Waals surface area (Å²) in [4.78, 5) is 0.876. The fraction of sp³-hybridized carbons (Fsp3) is 0.190. The summed E-state index contributed by atoms with van der Waals surface area (Å²) in [6.07, 6.45) is 5.37. The third kappa shape index (κ3) is 13.7. The molecule has 0 fully saturated rings. The molecule has 2 aromatic rings. The molecule has 3 heteroatoms. The van der Waals surface area contributed by atoms with Gasteiger partial charge in [-0.05, 0) is 13.3 Å². The van der Waals surface area contributed by atoms with Crippen LogP contribution < -0.4 is 56.7 Å². The molecule has 0 aliphatic carbocycles. The van der Waals surface area contributed by atoms with Crippen molar-refractivity contribution in [2.75, 3.05) is 5.32 Å². The minimum Gasteiger partial charge on any atom is -0.373 e. The molecule has 0 spiro atoms. The van der Waals surface area contributed by atoms with Gasteiger partial charge in [-0.2, -0.15) is 49.2 Å². The van der Waals surface area contributed by atoms with Crippen molar-refractivity contribution in [1.29, 1.82) is 0 Å². The molecule has 0 aliphatic heterocycles. The van der Waals surface area contributed by atoms with E-state index in [0.717, 1.165) is 28.2 Å². The minimum atomic E-state index is 0. The molecule has 0 radical (unpaired) electrons. The van der Waals surface area contributed by atoms with E-state index in [9.17, 15) is 0 Å². The van der Waals surface area contributed by atoms with Crippen LogP contribution in [0.15, 0.2) is 42.5 Å². The van der Waals surface area contributed by atoms with E-state index >= 15 is 0 Å². The Morgan fingerprint density at radius 2 is 1.79 bits per heavy atom. The van der Waals surface area contributed by atoms with Crippen molar-refractivity contribution in [1.82, 2.24) is 0 Å². The van der Waals surface area contributed by atoms with E-state index in [1.807, 2.05) is 50.1 Å². The molecule has 0 aromatic heterocycles. The summed E-state index contributed by atoms with van der Waals surface area (Å²) < 4.78 is 0. The molecule has 24 heavy (non-hydrogen) atoms. The third-order valence-corrected chi connectivity index (χ3v) is 3.06. The van der Waals surface area contributed by atoms with E-state index in [1.54, 1.807) is 0 Å². The third-order valence-electron chi connectivity index (χ3n) is 2.67. The summed E-state index contributed by atoms with van der Waals surface area (Å²) in [6.45, 7) is 12.9. The van der Waals surface area contributed by atoms with E-state index in [1.165, 1.54) is 5.56 Å². The van der Waals surface area contributed by atoms with E-state index in [-0.39, 0.29) is 51.4 Å². The van der Waals surface area contributed by atoms with Crippen LogP contribution in [0.3, 0.4) is 0 Å². The Bertz CT molecular complexity index is 606. The summed E-state index contributed by atoms with van der Waals surface area (Å²) >= 11 is 5.06. The van der Waals surface area contributed by atoms with Crippen molar-refractivity contribution < 1.29 is 51.4 Å². The zero-order chi connectivity index (χ0) is 17.7. The van der Waals surface area contributed by atoms with Gasteiger partial charge in [0.25, 0.3) is 0 Å². The van der Waals surface area contributed by atoms with E-state index in [4.69, 9.17) is 12.2 Å². The van der Waals surface area contributed by atoms with Gasteiger partial charge < -0.3 is 17.7 Å². The Hall–Kier alpha value is -0.734. The van der Waals surface area contributed by atoms with Crippen LogP contribution >= 0.6 is 12.2 Å². The molecule has 1 nitrogen and oxygen atoms in total. The van der Waals surface area contributed by atoms with Gasteiger partial charge in [-0.1, -0.05) is 37.3 Å². The second-order valence-electron chi connectivity index (χ2n) is 4.85. The molecule has 0 saturated heterocycles. The number of aryl methyl sites for hydroxylation is 2. The van der Waals surface area contributed by atoms with Gasteiger partial charge in [0, 0.05) is 0 Å². The Kier molecular flexibility index (Phi) is 16.8. The smallest absolute Gasteiger partial charge is 0.373 e. The van der Waals surface area contributed by atoms with Crippen LogP contribution in [-0.2, 0) is 0 Å². The molecule has 1 N–H and O–H groups in total. The van der Waals surface area contributed by atoms with Crippen LogP contribution in [0.5, 0.6) is 0 Å². The molecule has 0 heterocycles. The summed E-state index contributed by atoms with van der Waals surface area (Å²) in [5, 5.41) is 3.14. The first-order valence-corrected chi connectivity index (χ1v) is 7.73. The standard InChI is InChI=1S/C10H12NS.C8H9.C3H3.K/c1-3-10(12)11-9-6-4-5-8(2)7-9;1-7-3-5-8(2)6-4-7;1-3-2;/h4,6-7H,3H2,1-2H3,(H,11,12);3-6H,1H2,2H3;1H,2H2;/q3*-1;+1. The summed E-state index contributed by atoms with van der Waals surface area (Å²) in [6, 6.07) is 17.1. The predicted molar refractivity (Wildman–Crippen MR) is 106 cm³/mol. The van der Waals surface area contributed by atoms with E-state index in [2.05, 4.69) is 50.7 Å². The van der Waals surface area contributed by atoms with Crippen molar-refractivity contribution in [2.45, 2.75) is 27.2 Å². The Morgan fingerprint density at radius 3 is 2.21 bits per heavy atom. The Morgan fingerprint density at radius 1 is 1.25 bits per heavy atom. The second-order valence-corrected chi connectivity index (χ2v) is 5.34. The largest absolute Gasteiger partial charge is 1.00 e. The monoisotopic (exact) mass is 361 g/mol. The summed E-state index contributed by atoms with van der Waals surface area (Å²) in [7, 11) is 0. The van der Waals surface area contributed by atoms with Crippen molar-refractivity contribution in [2.24, 2.45) is 0 Å². The molecule has 0 aliphatic rings. The fourth-order valence-electron chi connectivity index (χ4n) is 1.50. The second kappa shape index (κ2) is 15.8. The van der Waals surface area contributed by atoms with E-state index in [0.29, 0.717) is 0 Å². The van der Waals surface area contributed by atoms with Gasteiger partial charge in [-0.3, -0.25) is 0 Å². The molecule has 122 valence electrons. The molecule has 2 rings (SSSR count). The van der Waals surface area contributed by atoms with Gasteiger partial charge in [0.1, 0.15) is 0 Å². The maximum absolute atomic E-state index is 5.06. The van der Waals surface area contributed by atoms with Crippen LogP contribution in [0.4, 0.5) is 5.69 Å². The molecule has 0 atom stereocenters. The molecular formula is C21H24KNS-2.